The number of phenolic OH excluding ortho intramolecular Hbond substituents is 1. The smallest absolute Gasteiger partial charge is 0.336 e. The van der Waals surface area contributed by atoms with Gasteiger partial charge in [0, 0.05) is 28.9 Å². The average Bonchev–Trinajstić information content (AvgIpc) is 2.47. The molecule has 4 nitrogen and oxygen atoms in total. The fourth-order valence-electron chi connectivity index (χ4n) is 2.44. The summed E-state index contributed by atoms with van der Waals surface area (Å²) in [5.74, 6) is -0.102. The Kier molecular flexibility index (Phi) is 3.86. The maximum Gasteiger partial charge on any atom is 0.336 e. The lowest BCUT2D eigenvalue weighted by atomic mass is 10.0. The molecule has 1 aromatic carbocycles. The minimum atomic E-state index is -0.443. The molecule has 0 fully saturated rings. The molecular formula is C17H14ClNO3. The first-order valence-corrected chi connectivity index (χ1v) is 7.28. The predicted octanol–water partition coefficient (Wildman–Crippen LogP) is 3.64. The molecule has 3 aromatic rings. The predicted molar refractivity (Wildman–Crippen MR) is 85.5 cm³/mol. The fraction of sp³-hybridized carbons (Fsp3) is 0.176. The van der Waals surface area contributed by atoms with Crippen LogP contribution in [0.25, 0.3) is 11.0 Å². The first-order chi connectivity index (χ1) is 10.5. The number of halogens is 1. The van der Waals surface area contributed by atoms with E-state index >= 15 is 0 Å². The van der Waals surface area contributed by atoms with Crippen molar-refractivity contribution in [2.45, 2.75) is 19.8 Å². The summed E-state index contributed by atoms with van der Waals surface area (Å²) in [6, 6.07) is 10.3. The van der Waals surface area contributed by atoms with E-state index in [4.69, 9.17) is 16.0 Å². The van der Waals surface area contributed by atoms with Gasteiger partial charge in [-0.15, -0.1) is 0 Å². The maximum absolute atomic E-state index is 11.7. The van der Waals surface area contributed by atoms with Gasteiger partial charge in [-0.1, -0.05) is 17.7 Å². The van der Waals surface area contributed by atoms with Gasteiger partial charge in [0.15, 0.2) is 0 Å². The molecule has 22 heavy (non-hydrogen) atoms. The highest BCUT2D eigenvalue weighted by Gasteiger charge is 2.10. The third-order valence-corrected chi connectivity index (χ3v) is 3.80. The van der Waals surface area contributed by atoms with Crippen molar-refractivity contribution in [1.29, 1.82) is 0 Å². The zero-order valence-electron chi connectivity index (χ0n) is 12.0. The first kappa shape index (κ1) is 14.6. The Morgan fingerprint density at radius 3 is 2.82 bits per heavy atom. The van der Waals surface area contributed by atoms with Gasteiger partial charge < -0.3 is 9.52 Å². The van der Waals surface area contributed by atoms with Crippen molar-refractivity contribution in [3.05, 3.63) is 68.8 Å². The summed E-state index contributed by atoms with van der Waals surface area (Å²) in [4.78, 5) is 16.1. The van der Waals surface area contributed by atoms with Crippen LogP contribution in [-0.4, -0.2) is 10.1 Å². The number of hydrogen-bond donors (Lipinski definition) is 1. The quantitative estimate of drug-likeness (QED) is 0.749. The highest BCUT2D eigenvalue weighted by atomic mass is 35.5. The summed E-state index contributed by atoms with van der Waals surface area (Å²) < 4.78 is 5.12. The maximum atomic E-state index is 11.7. The number of nitrogens with zero attached hydrogens (tertiary/aromatic N) is 1. The van der Waals surface area contributed by atoms with E-state index in [2.05, 4.69) is 4.98 Å². The van der Waals surface area contributed by atoms with Gasteiger partial charge >= 0.3 is 5.63 Å². The molecule has 0 spiro atoms. The van der Waals surface area contributed by atoms with Crippen LogP contribution in [0.1, 0.15) is 17.0 Å². The number of aromatic hydroxyl groups is 1. The van der Waals surface area contributed by atoms with Crippen LogP contribution in [0, 0.1) is 6.92 Å². The minimum absolute atomic E-state index is 0.102. The van der Waals surface area contributed by atoms with Crippen molar-refractivity contribution in [2.24, 2.45) is 0 Å². The number of pyridine rings is 1. The number of fused-ring (bicyclic) bond motifs is 1. The van der Waals surface area contributed by atoms with Crippen LogP contribution in [0.2, 0.25) is 5.02 Å². The Balaban J connectivity index is 1.99. The van der Waals surface area contributed by atoms with E-state index in [1.54, 1.807) is 6.07 Å². The molecule has 0 aliphatic heterocycles. The molecular weight excluding hydrogens is 302 g/mol. The van der Waals surface area contributed by atoms with Crippen molar-refractivity contribution >= 4 is 22.6 Å². The van der Waals surface area contributed by atoms with Gasteiger partial charge in [-0.05, 0) is 43.5 Å². The van der Waals surface area contributed by atoms with E-state index < -0.39 is 5.63 Å². The van der Waals surface area contributed by atoms with E-state index in [0.717, 1.165) is 22.3 Å². The van der Waals surface area contributed by atoms with Gasteiger partial charge in [0.05, 0.1) is 5.02 Å². The van der Waals surface area contributed by atoms with Gasteiger partial charge in [0.2, 0.25) is 0 Å². The summed E-state index contributed by atoms with van der Waals surface area (Å²) in [7, 11) is 0. The van der Waals surface area contributed by atoms with Crippen LogP contribution in [0.3, 0.4) is 0 Å². The standard InChI is InChI=1S/C17H14ClNO3/c1-10-3-2-4-12(19-10)6-5-11-7-17(21)22-16-9-15(20)14(18)8-13(11)16/h2-4,7-9,20H,5-6H2,1H3. The molecule has 0 bridgehead atoms. The molecule has 0 aliphatic carbocycles. The Labute approximate surface area is 132 Å². The van der Waals surface area contributed by atoms with Gasteiger partial charge in [-0.2, -0.15) is 0 Å². The Morgan fingerprint density at radius 1 is 1.23 bits per heavy atom. The number of aromatic nitrogens is 1. The molecule has 112 valence electrons. The molecule has 1 N–H and O–H groups in total. The topological polar surface area (TPSA) is 63.3 Å². The second kappa shape index (κ2) is 5.81. The summed E-state index contributed by atoms with van der Waals surface area (Å²) >= 11 is 5.96. The molecule has 5 heteroatoms. The lowest BCUT2D eigenvalue weighted by molar-refractivity contribution is 0.473. The van der Waals surface area contributed by atoms with Gasteiger partial charge in [-0.3, -0.25) is 4.98 Å². The van der Waals surface area contributed by atoms with Crippen molar-refractivity contribution in [2.75, 3.05) is 0 Å². The van der Waals surface area contributed by atoms with E-state index in [0.29, 0.717) is 18.4 Å². The van der Waals surface area contributed by atoms with Crippen molar-refractivity contribution in [1.82, 2.24) is 4.98 Å². The number of rotatable bonds is 3. The molecule has 3 rings (SSSR count). The highest BCUT2D eigenvalue weighted by Crippen LogP contribution is 2.30. The van der Waals surface area contributed by atoms with Crippen LogP contribution < -0.4 is 5.63 Å². The van der Waals surface area contributed by atoms with E-state index in [1.807, 2.05) is 25.1 Å². The van der Waals surface area contributed by atoms with Crippen molar-refractivity contribution in [3.63, 3.8) is 0 Å². The Bertz CT molecular complexity index is 902. The van der Waals surface area contributed by atoms with Crippen LogP contribution in [0.5, 0.6) is 5.75 Å². The average molecular weight is 316 g/mol. The number of benzene rings is 1. The Hall–Kier alpha value is -2.33. The molecule has 0 unspecified atom stereocenters. The van der Waals surface area contributed by atoms with Crippen molar-refractivity contribution in [3.8, 4) is 5.75 Å². The number of hydrogen-bond acceptors (Lipinski definition) is 4. The van der Waals surface area contributed by atoms with Gasteiger partial charge in [-0.25, -0.2) is 4.79 Å². The van der Waals surface area contributed by atoms with E-state index in [9.17, 15) is 9.90 Å². The number of phenols is 1. The summed E-state index contributed by atoms with van der Waals surface area (Å²) in [6.45, 7) is 1.94. The van der Waals surface area contributed by atoms with Gasteiger partial charge in [0.1, 0.15) is 11.3 Å². The Morgan fingerprint density at radius 2 is 2.05 bits per heavy atom. The molecule has 0 radical (unpaired) electrons. The van der Waals surface area contributed by atoms with Crippen molar-refractivity contribution < 1.29 is 9.52 Å². The minimum Gasteiger partial charge on any atom is -0.506 e. The summed E-state index contributed by atoms with van der Waals surface area (Å²) in [6.07, 6.45) is 1.35. The second-order valence-electron chi connectivity index (χ2n) is 5.16. The first-order valence-electron chi connectivity index (χ1n) is 6.91. The van der Waals surface area contributed by atoms with Crippen LogP contribution in [0.4, 0.5) is 0 Å². The third-order valence-electron chi connectivity index (χ3n) is 3.49. The number of aryl methyl sites for hydroxylation is 3. The van der Waals surface area contributed by atoms with Crippen LogP contribution in [-0.2, 0) is 12.8 Å². The molecule has 0 atom stereocenters. The third kappa shape index (κ3) is 2.97. The van der Waals surface area contributed by atoms with Gasteiger partial charge in [0.25, 0.3) is 0 Å². The van der Waals surface area contributed by atoms with E-state index in [1.165, 1.54) is 12.1 Å². The molecule has 0 aliphatic rings. The zero-order chi connectivity index (χ0) is 15.7. The normalized spacial score (nSPS) is 11.0. The molecule has 0 saturated carbocycles. The zero-order valence-corrected chi connectivity index (χ0v) is 12.7. The summed E-state index contributed by atoms with van der Waals surface area (Å²) in [5, 5.41) is 10.6. The molecule has 2 heterocycles. The van der Waals surface area contributed by atoms with E-state index in [-0.39, 0.29) is 10.8 Å². The largest absolute Gasteiger partial charge is 0.506 e. The lowest BCUT2D eigenvalue weighted by Gasteiger charge is -2.07. The monoisotopic (exact) mass is 315 g/mol. The lowest BCUT2D eigenvalue weighted by Crippen LogP contribution is -2.03. The second-order valence-corrected chi connectivity index (χ2v) is 5.57. The van der Waals surface area contributed by atoms with Crippen LogP contribution >= 0.6 is 11.6 Å². The highest BCUT2D eigenvalue weighted by molar-refractivity contribution is 6.32. The molecule has 0 saturated heterocycles. The molecule has 0 amide bonds. The molecule has 2 aromatic heterocycles. The summed E-state index contributed by atoms with van der Waals surface area (Å²) in [5.41, 5.74) is 2.65. The fourth-order valence-corrected chi connectivity index (χ4v) is 2.61. The van der Waals surface area contributed by atoms with Crippen LogP contribution in [0.15, 0.2) is 45.6 Å². The SMILES string of the molecule is Cc1cccc(CCc2cc(=O)oc3cc(O)c(Cl)cc23)n1.